The molecule has 0 spiro atoms. The smallest absolute Gasteiger partial charge is 0.000215 e. The van der Waals surface area contributed by atoms with Crippen LogP contribution in [-0.2, 0) is 0 Å². The van der Waals surface area contributed by atoms with Gasteiger partial charge in [0.1, 0.15) is 0 Å². The average molecular weight is 199 g/mol. The highest BCUT2D eigenvalue weighted by Gasteiger charge is 2.21. The first-order valence-corrected chi connectivity index (χ1v) is 6.33. The zero-order valence-corrected chi connectivity index (χ0v) is 10.7. The van der Waals surface area contributed by atoms with Gasteiger partial charge in [-0.2, -0.15) is 0 Å². The van der Waals surface area contributed by atoms with Gasteiger partial charge in [0.15, 0.2) is 0 Å². The molecule has 1 nitrogen and oxygen atoms in total. The lowest BCUT2D eigenvalue weighted by Gasteiger charge is -2.29. The highest BCUT2D eigenvalue weighted by molar-refractivity contribution is 4.75. The molecule has 0 amide bonds. The largest absolute Gasteiger partial charge is 0.319 e. The Morgan fingerprint density at radius 1 is 0.929 bits per heavy atom. The molecule has 0 aliphatic rings. The van der Waals surface area contributed by atoms with Gasteiger partial charge in [0.25, 0.3) is 0 Å². The molecule has 1 atom stereocenters. The van der Waals surface area contributed by atoms with Crippen molar-refractivity contribution < 1.29 is 0 Å². The molecule has 0 saturated carbocycles. The second kappa shape index (κ2) is 8.28. The van der Waals surface area contributed by atoms with E-state index in [1.165, 1.54) is 51.5 Å². The third-order valence-corrected chi connectivity index (χ3v) is 3.09. The molecule has 14 heavy (non-hydrogen) atoms. The van der Waals surface area contributed by atoms with Gasteiger partial charge in [-0.25, -0.2) is 0 Å². The van der Waals surface area contributed by atoms with Crippen LogP contribution >= 0.6 is 0 Å². The molecule has 0 aromatic heterocycles. The minimum Gasteiger partial charge on any atom is -0.319 e. The lowest BCUT2D eigenvalue weighted by Crippen LogP contribution is -2.29. The predicted octanol–water partition coefficient (Wildman–Crippen LogP) is 3.98. The van der Waals surface area contributed by atoms with Gasteiger partial charge in [-0.1, -0.05) is 52.9 Å². The van der Waals surface area contributed by atoms with Crippen molar-refractivity contribution in [3.8, 4) is 0 Å². The van der Waals surface area contributed by atoms with Crippen LogP contribution in [0.2, 0.25) is 0 Å². The molecule has 0 heterocycles. The zero-order chi connectivity index (χ0) is 10.9. The van der Waals surface area contributed by atoms with Crippen LogP contribution in [0, 0.1) is 5.41 Å². The number of unbranched alkanes of at least 4 members (excludes halogenated alkanes) is 3. The van der Waals surface area contributed by atoms with E-state index >= 15 is 0 Å². The van der Waals surface area contributed by atoms with Crippen LogP contribution in [0.5, 0.6) is 0 Å². The highest BCUT2D eigenvalue weighted by atomic mass is 14.8. The fourth-order valence-electron chi connectivity index (χ4n) is 2.31. The van der Waals surface area contributed by atoms with Crippen molar-refractivity contribution >= 4 is 0 Å². The van der Waals surface area contributed by atoms with Crippen molar-refractivity contribution in [1.29, 1.82) is 0 Å². The molecule has 0 fully saturated rings. The van der Waals surface area contributed by atoms with E-state index in [-0.39, 0.29) is 0 Å². The molecule has 1 N–H and O–H groups in total. The van der Waals surface area contributed by atoms with E-state index in [0.717, 1.165) is 0 Å². The quantitative estimate of drug-likeness (QED) is 0.554. The Morgan fingerprint density at radius 3 is 2.14 bits per heavy atom. The summed E-state index contributed by atoms with van der Waals surface area (Å²) in [5.41, 5.74) is 0.539. The second-order valence-electron chi connectivity index (χ2n) is 4.90. The molecule has 0 rings (SSSR count). The molecule has 0 aliphatic carbocycles. The summed E-state index contributed by atoms with van der Waals surface area (Å²) >= 11 is 0. The van der Waals surface area contributed by atoms with Crippen LogP contribution < -0.4 is 5.32 Å². The maximum atomic E-state index is 3.33. The normalized spacial score (nSPS) is 15.4. The molecule has 0 radical (unpaired) electrons. The summed E-state index contributed by atoms with van der Waals surface area (Å²) < 4.78 is 0. The Bertz CT molecular complexity index is 114. The fourth-order valence-corrected chi connectivity index (χ4v) is 2.31. The SMILES string of the molecule is CCCCCCC(C)(CCC)CNC. The van der Waals surface area contributed by atoms with Gasteiger partial charge >= 0.3 is 0 Å². The standard InChI is InChI=1S/C13H29N/c1-5-7-8-9-11-13(3,10-6-2)12-14-4/h14H,5-12H2,1-4H3. The Balaban J connectivity index is 3.71. The van der Waals surface area contributed by atoms with Crippen LogP contribution in [0.4, 0.5) is 0 Å². The topological polar surface area (TPSA) is 12.0 Å². The molecule has 86 valence electrons. The Labute approximate surface area is 90.7 Å². The molecule has 0 aromatic carbocycles. The lowest BCUT2D eigenvalue weighted by molar-refractivity contribution is 0.252. The Kier molecular flexibility index (Phi) is 8.26. The Hall–Kier alpha value is -0.0400. The summed E-state index contributed by atoms with van der Waals surface area (Å²) in [6.45, 7) is 8.17. The van der Waals surface area contributed by atoms with Crippen LogP contribution in [0.1, 0.15) is 65.7 Å². The van der Waals surface area contributed by atoms with Gasteiger partial charge in [-0.05, 0) is 25.3 Å². The average Bonchev–Trinajstić information content (AvgIpc) is 2.13. The van der Waals surface area contributed by atoms with Crippen LogP contribution in [-0.4, -0.2) is 13.6 Å². The number of nitrogens with one attached hydrogen (secondary N) is 1. The van der Waals surface area contributed by atoms with E-state index in [2.05, 4.69) is 33.1 Å². The van der Waals surface area contributed by atoms with E-state index in [1.807, 2.05) is 0 Å². The summed E-state index contributed by atoms with van der Waals surface area (Å²) in [5, 5.41) is 3.33. The van der Waals surface area contributed by atoms with E-state index in [1.54, 1.807) is 0 Å². The van der Waals surface area contributed by atoms with E-state index in [0.29, 0.717) is 5.41 Å². The van der Waals surface area contributed by atoms with Crippen LogP contribution in [0.3, 0.4) is 0 Å². The molecule has 0 aromatic rings. The van der Waals surface area contributed by atoms with Gasteiger partial charge in [0.2, 0.25) is 0 Å². The molecule has 1 heteroatoms. The minimum absolute atomic E-state index is 0.539. The minimum atomic E-state index is 0.539. The number of hydrogen-bond donors (Lipinski definition) is 1. The van der Waals surface area contributed by atoms with Gasteiger partial charge in [0, 0.05) is 6.54 Å². The third kappa shape index (κ3) is 6.42. The molecule has 1 unspecified atom stereocenters. The maximum absolute atomic E-state index is 3.33. The van der Waals surface area contributed by atoms with Crippen LogP contribution in [0.25, 0.3) is 0 Å². The van der Waals surface area contributed by atoms with Gasteiger partial charge in [0.05, 0.1) is 0 Å². The first kappa shape index (κ1) is 14.0. The van der Waals surface area contributed by atoms with Crippen molar-refractivity contribution in [2.45, 2.75) is 65.7 Å². The van der Waals surface area contributed by atoms with Crippen LogP contribution in [0.15, 0.2) is 0 Å². The van der Waals surface area contributed by atoms with Crippen molar-refractivity contribution in [3.05, 3.63) is 0 Å². The van der Waals surface area contributed by atoms with E-state index in [9.17, 15) is 0 Å². The van der Waals surface area contributed by atoms with Gasteiger partial charge < -0.3 is 5.32 Å². The molecule has 0 bridgehead atoms. The summed E-state index contributed by atoms with van der Waals surface area (Å²) in [7, 11) is 2.07. The van der Waals surface area contributed by atoms with E-state index in [4.69, 9.17) is 0 Å². The van der Waals surface area contributed by atoms with Crippen molar-refractivity contribution in [2.24, 2.45) is 5.41 Å². The zero-order valence-electron chi connectivity index (χ0n) is 10.7. The first-order valence-electron chi connectivity index (χ1n) is 6.33. The van der Waals surface area contributed by atoms with E-state index < -0.39 is 0 Å². The molecular formula is C13H29N. The predicted molar refractivity (Wildman–Crippen MR) is 65.7 cm³/mol. The second-order valence-corrected chi connectivity index (χ2v) is 4.90. The number of rotatable bonds is 9. The van der Waals surface area contributed by atoms with Gasteiger partial charge in [-0.3, -0.25) is 0 Å². The Morgan fingerprint density at radius 2 is 1.64 bits per heavy atom. The monoisotopic (exact) mass is 199 g/mol. The van der Waals surface area contributed by atoms with Crippen molar-refractivity contribution in [3.63, 3.8) is 0 Å². The summed E-state index contributed by atoms with van der Waals surface area (Å²) in [4.78, 5) is 0. The molecule has 0 aliphatic heterocycles. The first-order chi connectivity index (χ1) is 6.68. The molecular weight excluding hydrogens is 170 g/mol. The highest BCUT2D eigenvalue weighted by Crippen LogP contribution is 2.29. The third-order valence-electron chi connectivity index (χ3n) is 3.09. The maximum Gasteiger partial charge on any atom is 0.000215 e. The van der Waals surface area contributed by atoms with Crippen molar-refractivity contribution in [1.82, 2.24) is 5.32 Å². The van der Waals surface area contributed by atoms with Crippen molar-refractivity contribution in [2.75, 3.05) is 13.6 Å². The summed E-state index contributed by atoms with van der Waals surface area (Å²) in [5.74, 6) is 0. The number of hydrogen-bond acceptors (Lipinski definition) is 1. The lowest BCUT2D eigenvalue weighted by atomic mass is 9.80. The summed E-state index contributed by atoms with van der Waals surface area (Å²) in [6, 6.07) is 0. The van der Waals surface area contributed by atoms with Gasteiger partial charge in [-0.15, -0.1) is 0 Å². The fraction of sp³-hybridized carbons (Fsp3) is 1.00. The molecule has 0 saturated heterocycles. The summed E-state index contributed by atoms with van der Waals surface area (Å²) in [6.07, 6.45) is 9.64.